The van der Waals surface area contributed by atoms with Crippen LogP contribution in [-0.4, -0.2) is 5.97 Å². The van der Waals surface area contributed by atoms with Crippen LogP contribution in [0.15, 0.2) is 24.3 Å². The first-order valence-corrected chi connectivity index (χ1v) is 12.0. The summed E-state index contributed by atoms with van der Waals surface area (Å²) in [4.78, 5) is 11.4. The average molecular weight is 385 g/mol. The van der Waals surface area contributed by atoms with E-state index < -0.39 is 0 Å². The minimum absolute atomic E-state index is 0.164. The van der Waals surface area contributed by atoms with Crippen molar-refractivity contribution in [2.45, 2.75) is 97.3 Å². The van der Waals surface area contributed by atoms with Crippen LogP contribution in [0.2, 0.25) is 0 Å². The molecule has 0 aromatic heterocycles. The number of carbonyl (C=O) groups excluding carboxylic acids is 1. The summed E-state index contributed by atoms with van der Waals surface area (Å²) in [6, 6.07) is 8.13. The van der Waals surface area contributed by atoms with Crippen LogP contribution in [0.5, 0.6) is 5.75 Å². The van der Waals surface area contributed by atoms with Crippen LogP contribution < -0.4 is 4.74 Å². The molecule has 2 nitrogen and oxygen atoms in total. The summed E-state index contributed by atoms with van der Waals surface area (Å²) < 4.78 is 5.26. The van der Waals surface area contributed by atoms with Gasteiger partial charge >= 0.3 is 5.97 Å². The van der Waals surface area contributed by atoms with Crippen LogP contribution in [-0.2, 0) is 11.2 Å². The van der Waals surface area contributed by atoms with E-state index in [1.807, 2.05) is 19.1 Å². The summed E-state index contributed by atoms with van der Waals surface area (Å²) in [5.41, 5.74) is 1.37. The Bertz CT molecular complexity index is 575. The normalized spacial score (nSPS) is 28.1. The second-order valence-corrected chi connectivity index (χ2v) is 9.36. The van der Waals surface area contributed by atoms with E-state index in [0.29, 0.717) is 12.2 Å². The molecule has 2 heteroatoms. The van der Waals surface area contributed by atoms with Crippen molar-refractivity contribution in [3.63, 3.8) is 0 Å². The van der Waals surface area contributed by atoms with Gasteiger partial charge in [0.05, 0.1) is 0 Å². The average Bonchev–Trinajstić information content (AvgIpc) is 2.74. The lowest BCUT2D eigenvalue weighted by Crippen LogP contribution is -2.26. The molecule has 3 rings (SSSR count). The zero-order valence-corrected chi connectivity index (χ0v) is 18.1. The highest BCUT2D eigenvalue weighted by molar-refractivity contribution is 5.71. The van der Waals surface area contributed by atoms with Crippen molar-refractivity contribution >= 4 is 5.97 Å². The molecule has 1 aromatic rings. The molecule has 0 atom stereocenters. The van der Waals surface area contributed by atoms with Crippen LogP contribution in [0, 0.1) is 23.7 Å². The Morgan fingerprint density at radius 2 is 1.36 bits per heavy atom. The summed E-state index contributed by atoms with van der Waals surface area (Å²) in [6.07, 6.45) is 17.5. The molecule has 1 aromatic carbocycles. The van der Waals surface area contributed by atoms with E-state index >= 15 is 0 Å². The van der Waals surface area contributed by atoms with Crippen molar-refractivity contribution in [1.29, 1.82) is 0 Å². The Morgan fingerprint density at radius 3 is 1.86 bits per heavy atom. The molecule has 0 unspecified atom stereocenters. The fourth-order valence-corrected chi connectivity index (χ4v) is 5.60. The van der Waals surface area contributed by atoms with Gasteiger partial charge in [-0.3, -0.25) is 4.79 Å². The van der Waals surface area contributed by atoms with Gasteiger partial charge in [-0.1, -0.05) is 64.5 Å². The summed E-state index contributed by atoms with van der Waals surface area (Å²) in [5, 5.41) is 0. The number of carbonyl (C=O) groups is 1. The summed E-state index contributed by atoms with van der Waals surface area (Å²) in [5.74, 6) is 4.51. The molecular weight excluding hydrogens is 344 g/mol. The van der Waals surface area contributed by atoms with E-state index in [0.717, 1.165) is 30.1 Å². The lowest BCUT2D eigenvalue weighted by atomic mass is 9.68. The third-order valence-corrected chi connectivity index (χ3v) is 7.43. The highest BCUT2D eigenvalue weighted by Gasteiger charge is 2.30. The van der Waals surface area contributed by atoms with Gasteiger partial charge in [-0.05, 0) is 79.9 Å². The highest BCUT2D eigenvalue weighted by Crippen LogP contribution is 2.42. The second kappa shape index (κ2) is 11.0. The van der Waals surface area contributed by atoms with E-state index in [1.165, 1.54) is 76.2 Å². The molecule has 0 aliphatic heterocycles. The van der Waals surface area contributed by atoms with Gasteiger partial charge < -0.3 is 4.74 Å². The molecule has 2 saturated carbocycles. The quantitative estimate of drug-likeness (QED) is 0.346. The topological polar surface area (TPSA) is 26.3 Å². The number of hydrogen-bond donors (Lipinski definition) is 0. The Morgan fingerprint density at radius 1 is 0.821 bits per heavy atom. The molecule has 0 amide bonds. The standard InChI is InChI=1S/C26H40O2/c1-3-5-20-8-14-23(15-9-20)24-16-10-21(11-17-24)6-7-22-12-18-25(19-13-22)28-26(27)4-2/h12-13,18-21,23-24H,3-11,14-17H2,1-2H3/t20-,21-,23-,24-. The summed E-state index contributed by atoms with van der Waals surface area (Å²) in [6.45, 7) is 4.16. The van der Waals surface area contributed by atoms with E-state index in [1.54, 1.807) is 0 Å². The van der Waals surface area contributed by atoms with Crippen molar-refractivity contribution in [2.75, 3.05) is 0 Å². The molecule has 0 spiro atoms. The van der Waals surface area contributed by atoms with Gasteiger partial charge in [0.25, 0.3) is 0 Å². The molecule has 2 aliphatic carbocycles. The van der Waals surface area contributed by atoms with Gasteiger partial charge in [0, 0.05) is 6.42 Å². The zero-order valence-electron chi connectivity index (χ0n) is 18.1. The predicted octanol–water partition coefficient (Wildman–Crippen LogP) is 7.35. The van der Waals surface area contributed by atoms with Crippen molar-refractivity contribution in [3.8, 4) is 5.75 Å². The predicted molar refractivity (Wildman–Crippen MR) is 116 cm³/mol. The number of ether oxygens (including phenoxy) is 1. The minimum atomic E-state index is -0.164. The molecule has 0 saturated heterocycles. The Kier molecular flexibility index (Phi) is 8.43. The fourth-order valence-electron chi connectivity index (χ4n) is 5.60. The van der Waals surface area contributed by atoms with Gasteiger partial charge in [-0.2, -0.15) is 0 Å². The van der Waals surface area contributed by atoms with Gasteiger partial charge in [0.2, 0.25) is 0 Å². The van der Waals surface area contributed by atoms with Crippen LogP contribution in [0.3, 0.4) is 0 Å². The Balaban J connectivity index is 1.35. The van der Waals surface area contributed by atoms with E-state index in [2.05, 4.69) is 19.1 Å². The number of benzene rings is 1. The van der Waals surface area contributed by atoms with Crippen LogP contribution in [0.1, 0.15) is 96.5 Å². The SMILES string of the molecule is CCC[C@H]1CC[C@H]([C@H]2CC[C@H](CCc3ccc(OC(=O)CC)cc3)CC2)CC1. The smallest absolute Gasteiger partial charge is 0.310 e. The van der Waals surface area contributed by atoms with Gasteiger partial charge in [0.15, 0.2) is 0 Å². The molecule has 2 aliphatic rings. The molecule has 0 N–H and O–H groups in total. The largest absolute Gasteiger partial charge is 0.427 e. The maximum atomic E-state index is 11.4. The fraction of sp³-hybridized carbons (Fsp3) is 0.731. The number of rotatable bonds is 8. The third-order valence-electron chi connectivity index (χ3n) is 7.43. The van der Waals surface area contributed by atoms with Crippen molar-refractivity contribution in [3.05, 3.63) is 29.8 Å². The molecule has 2 fully saturated rings. The molecule has 0 heterocycles. The Labute approximate surface area is 172 Å². The van der Waals surface area contributed by atoms with E-state index in [-0.39, 0.29) is 5.97 Å². The zero-order chi connectivity index (χ0) is 19.8. The number of esters is 1. The van der Waals surface area contributed by atoms with Crippen LogP contribution in [0.25, 0.3) is 0 Å². The second-order valence-electron chi connectivity index (χ2n) is 9.36. The third kappa shape index (κ3) is 6.36. The molecular formula is C26H40O2. The summed E-state index contributed by atoms with van der Waals surface area (Å²) >= 11 is 0. The van der Waals surface area contributed by atoms with Crippen LogP contribution in [0.4, 0.5) is 0 Å². The number of aryl methyl sites for hydroxylation is 1. The van der Waals surface area contributed by atoms with Crippen molar-refractivity contribution in [2.24, 2.45) is 23.7 Å². The molecule has 0 bridgehead atoms. The van der Waals surface area contributed by atoms with Crippen LogP contribution >= 0.6 is 0 Å². The van der Waals surface area contributed by atoms with Crippen molar-refractivity contribution < 1.29 is 9.53 Å². The molecule has 156 valence electrons. The first kappa shape index (κ1) is 21.4. The van der Waals surface area contributed by atoms with E-state index in [9.17, 15) is 4.79 Å². The van der Waals surface area contributed by atoms with Gasteiger partial charge in [-0.15, -0.1) is 0 Å². The lowest BCUT2D eigenvalue weighted by molar-refractivity contribution is -0.134. The molecule has 28 heavy (non-hydrogen) atoms. The van der Waals surface area contributed by atoms with Gasteiger partial charge in [0.1, 0.15) is 5.75 Å². The monoisotopic (exact) mass is 384 g/mol. The maximum absolute atomic E-state index is 11.4. The minimum Gasteiger partial charge on any atom is -0.427 e. The number of hydrogen-bond acceptors (Lipinski definition) is 2. The molecule has 0 radical (unpaired) electrons. The van der Waals surface area contributed by atoms with E-state index in [4.69, 9.17) is 4.74 Å². The first-order valence-electron chi connectivity index (χ1n) is 12.0. The summed E-state index contributed by atoms with van der Waals surface area (Å²) in [7, 11) is 0. The highest BCUT2D eigenvalue weighted by atomic mass is 16.5. The Hall–Kier alpha value is -1.31. The van der Waals surface area contributed by atoms with Gasteiger partial charge in [-0.25, -0.2) is 0 Å². The first-order chi connectivity index (χ1) is 13.7. The lowest BCUT2D eigenvalue weighted by Gasteiger charge is -2.38. The van der Waals surface area contributed by atoms with Crippen molar-refractivity contribution in [1.82, 2.24) is 0 Å². The maximum Gasteiger partial charge on any atom is 0.310 e.